The van der Waals surface area contributed by atoms with Crippen LogP contribution in [0.25, 0.3) is 0 Å². The Morgan fingerprint density at radius 2 is 1.78 bits per heavy atom. The molecule has 0 aliphatic carbocycles. The number of rotatable bonds is 5. The molecule has 3 nitrogen and oxygen atoms in total. The second kappa shape index (κ2) is 6.05. The number of hydrogen-bond acceptors (Lipinski definition) is 3. The molecule has 0 atom stereocenters. The number of aryl methyl sites for hydroxylation is 1. The molecule has 2 aromatic rings. The van der Waals surface area contributed by atoms with Crippen molar-refractivity contribution in [2.45, 2.75) is 20.0 Å². The summed E-state index contributed by atoms with van der Waals surface area (Å²) in [4.78, 5) is 4.25. The van der Waals surface area contributed by atoms with E-state index in [0.717, 1.165) is 23.6 Å². The van der Waals surface area contributed by atoms with Gasteiger partial charge in [0, 0.05) is 18.8 Å². The van der Waals surface area contributed by atoms with Crippen LogP contribution in [0.15, 0.2) is 42.6 Å². The molecule has 0 unspecified atom stereocenters. The summed E-state index contributed by atoms with van der Waals surface area (Å²) in [6.07, 6.45) is 2.88. The van der Waals surface area contributed by atoms with E-state index in [0.29, 0.717) is 6.61 Å². The third kappa shape index (κ3) is 3.23. The molecule has 0 bridgehead atoms. The van der Waals surface area contributed by atoms with Crippen LogP contribution in [0.1, 0.15) is 18.1 Å². The smallest absolute Gasteiger partial charge is 0.125 e. The predicted molar refractivity (Wildman–Crippen MR) is 73.9 cm³/mol. The Labute approximate surface area is 108 Å². The van der Waals surface area contributed by atoms with Crippen LogP contribution in [-0.4, -0.2) is 12.0 Å². The average Bonchev–Trinajstić information content (AvgIpc) is 2.46. The van der Waals surface area contributed by atoms with Crippen LogP contribution in [0.2, 0.25) is 0 Å². The third-order valence-corrected chi connectivity index (χ3v) is 2.82. The molecule has 0 fully saturated rings. The summed E-state index contributed by atoms with van der Waals surface area (Å²) < 4.78 is 5.70. The Bertz CT molecular complexity index is 429. The van der Waals surface area contributed by atoms with E-state index in [9.17, 15) is 0 Å². The third-order valence-electron chi connectivity index (χ3n) is 2.82. The summed E-state index contributed by atoms with van der Waals surface area (Å²) in [7, 11) is 1.85. The average molecular weight is 242 g/mol. The molecule has 1 heterocycles. The minimum absolute atomic E-state index is 0.544. The quantitative estimate of drug-likeness (QED) is 0.873. The fourth-order valence-corrected chi connectivity index (χ4v) is 1.65. The lowest BCUT2D eigenvalue weighted by Crippen LogP contribution is -1.98. The summed E-state index contributed by atoms with van der Waals surface area (Å²) in [5.41, 5.74) is 2.39. The summed E-state index contributed by atoms with van der Waals surface area (Å²) in [5, 5.41) is 2.99. The molecule has 0 aliphatic rings. The van der Waals surface area contributed by atoms with Gasteiger partial charge in [0.25, 0.3) is 0 Å². The standard InChI is InChI=1S/C15H18N2O/c1-3-12-4-7-14(8-5-12)18-11-13-6-9-15(16-2)17-10-13/h4-10H,3,11H2,1-2H3,(H,16,17). The van der Waals surface area contributed by atoms with E-state index in [-0.39, 0.29) is 0 Å². The minimum atomic E-state index is 0.544. The molecule has 0 amide bonds. The number of anilines is 1. The summed E-state index contributed by atoms with van der Waals surface area (Å²) in [6.45, 7) is 2.69. The van der Waals surface area contributed by atoms with E-state index in [1.165, 1.54) is 5.56 Å². The number of pyridine rings is 1. The largest absolute Gasteiger partial charge is 0.489 e. The first-order valence-corrected chi connectivity index (χ1v) is 6.16. The van der Waals surface area contributed by atoms with E-state index in [2.05, 4.69) is 29.4 Å². The maximum absolute atomic E-state index is 5.70. The van der Waals surface area contributed by atoms with Gasteiger partial charge in [0.15, 0.2) is 0 Å². The molecule has 0 saturated carbocycles. The molecule has 1 aromatic carbocycles. The Morgan fingerprint density at radius 3 is 2.33 bits per heavy atom. The molecule has 18 heavy (non-hydrogen) atoms. The number of ether oxygens (including phenoxy) is 1. The van der Waals surface area contributed by atoms with Gasteiger partial charge in [-0.25, -0.2) is 4.98 Å². The summed E-state index contributed by atoms with van der Waals surface area (Å²) >= 11 is 0. The van der Waals surface area contributed by atoms with Crippen LogP contribution >= 0.6 is 0 Å². The lowest BCUT2D eigenvalue weighted by atomic mass is 10.2. The fraction of sp³-hybridized carbons (Fsp3) is 0.267. The van der Waals surface area contributed by atoms with E-state index < -0.39 is 0 Å². The van der Waals surface area contributed by atoms with Crippen molar-refractivity contribution in [1.82, 2.24) is 4.98 Å². The number of benzene rings is 1. The zero-order chi connectivity index (χ0) is 12.8. The SMILES string of the molecule is CCc1ccc(OCc2ccc(NC)nc2)cc1. The van der Waals surface area contributed by atoms with Gasteiger partial charge < -0.3 is 10.1 Å². The first kappa shape index (κ1) is 12.4. The molecule has 0 radical (unpaired) electrons. The van der Waals surface area contributed by atoms with Crippen molar-refractivity contribution >= 4 is 5.82 Å². The van der Waals surface area contributed by atoms with Crippen molar-refractivity contribution in [2.24, 2.45) is 0 Å². The van der Waals surface area contributed by atoms with Gasteiger partial charge in [-0.15, -0.1) is 0 Å². The Kier molecular flexibility index (Phi) is 4.18. The van der Waals surface area contributed by atoms with Crippen molar-refractivity contribution in [1.29, 1.82) is 0 Å². The van der Waals surface area contributed by atoms with E-state index >= 15 is 0 Å². The molecule has 94 valence electrons. The van der Waals surface area contributed by atoms with E-state index in [4.69, 9.17) is 4.74 Å². The lowest BCUT2D eigenvalue weighted by Gasteiger charge is -2.07. The Morgan fingerprint density at radius 1 is 1.06 bits per heavy atom. The van der Waals surface area contributed by atoms with E-state index in [1.54, 1.807) is 0 Å². The predicted octanol–water partition coefficient (Wildman–Crippen LogP) is 3.26. The Hall–Kier alpha value is -2.03. The highest BCUT2D eigenvalue weighted by Gasteiger charge is 1.97. The van der Waals surface area contributed by atoms with Crippen LogP contribution in [0.3, 0.4) is 0 Å². The molecule has 0 spiro atoms. The zero-order valence-electron chi connectivity index (χ0n) is 10.8. The zero-order valence-corrected chi connectivity index (χ0v) is 10.8. The van der Waals surface area contributed by atoms with Crippen LogP contribution < -0.4 is 10.1 Å². The van der Waals surface area contributed by atoms with Crippen LogP contribution in [0, 0.1) is 0 Å². The van der Waals surface area contributed by atoms with Crippen LogP contribution in [-0.2, 0) is 13.0 Å². The van der Waals surface area contributed by atoms with Gasteiger partial charge in [-0.1, -0.05) is 25.1 Å². The first-order chi connectivity index (χ1) is 8.81. The minimum Gasteiger partial charge on any atom is -0.489 e. The highest BCUT2D eigenvalue weighted by molar-refractivity contribution is 5.34. The monoisotopic (exact) mass is 242 g/mol. The van der Waals surface area contributed by atoms with Crippen molar-refractivity contribution in [2.75, 3.05) is 12.4 Å². The van der Waals surface area contributed by atoms with Gasteiger partial charge in [0.1, 0.15) is 18.2 Å². The highest BCUT2D eigenvalue weighted by Crippen LogP contribution is 2.14. The van der Waals surface area contributed by atoms with Crippen molar-refractivity contribution in [3.05, 3.63) is 53.7 Å². The van der Waals surface area contributed by atoms with Gasteiger partial charge in [-0.3, -0.25) is 0 Å². The number of nitrogens with one attached hydrogen (secondary N) is 1. The topological polar surface area (TPSA) is 34.1 Å². The van der Waals surface area contributed by atoms with E-state index in [1.807, 2.05) is 37.5 Å². The van der Waals surface area contributed by atoms with Gasteiger partial charge in [-0.2, -0.15) is 0 Å². The van der Waals surface area contributed by atoms with Gasteiger partial charge in [0.05, 0.1) is 0 Å². The highest BCUT2D eigenvalue weighted by atomic mass is 16.5. The number of hydrogen-bond donors (Lipinski definition) is 1. The second-order valence-electron chi connectivity index (χ2n) is 4.09. The molecule has 2 rings (SSSR count). The molecule has 1 N–H and O–H groups in total. The fourth-order valence-electron chi connectivity index (χ4n) is 1.65. The molecule has 1 aromatic heterocycles. The summed E-state index contributed by atoms with van der Waals surface area (Å²) in [6, 6.07) is 12.2. The first-order valence-electron chi connectivity index (χ1n) is 6.16. The van der Waals surface area contributed by atoms with Crippen molar-refractivity contribution < 1.29 is 4.74 Å². The molecule has 0 saturated heterocycles. The maximum Gasteiger partial charge on any atom is 0.125 e. The van der Waals surface area contributed by atoms with Crippen molar-refractivity contribution in [3.63, 3.8) is 0 Å². The van der Waals surface area contributed by atoms with Gasteiger partial charge in [0.2, 0.25) is 0 Å². The lowest BCUT2D eigenvalue weighted by molar-refractivity contribution is 0.305. The number of aromatic nitrogens is 1. The molecule has 3 heteroatoms. The number of nitrogens with zero attached hydrogens (tertiary/aromatic N) is 1. The molecule has 0 aliphatic heterocycles. The van der Waals surface area contributed by atoms with Gasteiger partial charge in [-0.05, 0) is 30.2 Å². The normalized spacial score (nSPS) is 10.1. The molecular formula is C15H18N2O. The van der Waals surface area contributed by atoms with Crippen LogP contribution in [0.5, 0.6) is 5.75 Å². The summed E-state index contributed by atoms with van der Waals surface area (Å²) in [5.74, 6) is 1.76. The Balaban J connectivity index is 1.93. The maximum atomic E-state index is 5.70. The second-order valence-corrected chi connectivity index (χ2v) is 4.09. The van der Waals surface area contributed by atoms with Gasteiger partial charge >= 0.3 is 0 Å². The van der Waals surface area contributed by atoms with Crippen LogP contribution in [0.4, 0.5) is 5.82 Å². The molecular weight excluding hydrogens is 224 g/mol. The van der Waals surface area contributed by atoms with Crippen molar-refractivity contribution in [3.8, 4) is 5.75 Å².